The van der Waals surface area contributed by atoms with E-state index in [1.165, 1.54) is 0 Å². The molecular weight excluding hydrogens is 318 g/mol. The van der Waals surface area contributed by atoms with E-state index < -0.39 is 0 Å². The van der Waals surface area contributed by atoms with Crippen molar-refractivity contribution in [1.29, 1.82) is 0 Å². The Morgan fingerprint density at radius 3 is 2.88 bits per heavy atom. The average Bonchev–Trinajstić information content (AvgIpc) is 3.10. The van der Waals surface area contributed by atoms with Gasteiger partial charge in [-0.25, -0.2) is 4.98 Å². The highest BCUT2D eigenvalue weighted by Crippen LogP contribution is 2.35. The molecule has 1 saturated heterocycles. The third kappa shape index (κ3) is 3.49. The SMILES string of the molecule is O=C(c1ccncc1)N1CCO[C@@H]2C[C@@H](COc3ccccn3)C[C@@H]21. The maximum absolute atomic E-state index is 12.8. The van der Waals surface area contributed by atoms with Crippen LogP contribution in [0.2, 0.25) is 0 Å². The van der Waals surface area contributed by atoms with Gasteiger partial charge in [0, 0.05) is 36.8 Å². The number of carbonyl (C=O) groups excluding carboxylic acids is 1. The monoisotopic (exact) mass is 339 g/mol. The highest BCUT2D eigenvalue weighted by Gasteiger charge is 2.43. The second-order valence-corrected chi connectivity index (χ2v) is 6.53. The van der Waals surface area contributed by atoms with E-state index in [0.717, 1.165) is 12.8 Å². The lowest BCUT2D eigenvalue weighted by Crippen LogP contribution is -2.51. The van der Waals surface area contributed by atoms with E-state index in [1.54, 1.807) is 30.7 Å². The molecular formula is C19H21N3O3. The molecule has 0 bridgehead atoms. The number of ether oxygens (including phenoxy) is 2. The third-order valence-corrected chi connectivity index (χ3v) is 4.93. The van der Waals surface area contributed by atoms with Gasteiger partial charge in [0.2, 0.25) is 5.88 Å². The van der Waals surface area contributed by atoms with Gasteiger partial charge in [-0.05, 0) is 37.0 Å². The maximum Gasteiger partial charge on any atom is 0.254 e. The Balaban J connectivity index is 1.41. The Labute approximate surface area is 146 Å². The standard InChI is InChI=1S/C19H21N3O3/c23-19(15-4-7-20-8-5-15)22-9-10-24-17-12-14(11-16(17)22)13-25-18-3-1-2-6-21-18/h1-8,14,16-17H,9-13H2/t14-,16-,17+/m0/s1. The molecule has 0 unspecified atom stereocenters. The van der Waals surface area contributed by atoms with Crippen LogP contribution in [0.3, 0.4) is 0 Å². The maximum atomic E-state index is 12.8. The van der Waals surface area contributed by atoms with Gasteiger partial charge in [0.1, 0.15) is 0 Å². The van der Waals surface area contributed by atoms with Crippen LogP contribution in [0, 0.1) is 5.92 Å². The van der Waals surface area contributed by atoms with Crippen LogP contribution in [-0.2, 0) is 4.74 Å². The quantitative estimate of drug-likeness (QED) is 0.854. The van der Waals surface area contributed by atoms with E-state index in [1.807, 2.05) is 23.1 Å². The molecule has 1 saturated carbocycles. The molecule has 3 heterocycles. The fourth-order valence-corrected chi connectivity index (χ4v) is 3.73. The first-order valence-corrected chi connectivity index (χ1v) is 8.67. The van der Waals surface area contributed by atoms with Crippen LogP contribution in [0.15, 0.2) is 48.9 Å². The topological polar surface area (TPSA) is 64.6 Å². The Kier molecular flexibility index (Phi) is 4.61. The number of nitrogens with zero attached hydrogens (tertiary/aromatic N) is 3. The zero-order valence-corrected chi connectivity index (χ0v) is 14.0. The number of fused-ring (bicyclic) bond motifs is 1. The minimum absolute atomic E-state index is 0.0620. The second-order valence-electron chi connectivity index (χ2n) is 6.53. The minimum atomic E-state index is 0.0620. The molecule has 1 amide bonds. The smallest absolute Gasteiger partial charge is 0.254 e. The van der Waals surface area contributed by atoms with Gasteiger partial charge in [-0.2, -0.15) is 0 Å². The van der Waals surface area contributed by atoms with Crippen molar-refractivity contribution in [3.8, 4) is 5.88 Å². The summed E-state index contributed by atoms with van der Waals surface area (Å²) in [4.78, 5) is 23.0. The van der Waals surface area contributed by atoms with E-state index in [0.29, 0.717) is 37.1 Å². The summed E-state index contributed by atoms with van der Waals surface area (Å²) >= 11 is 0. The van der Waals surface area contributed by atoms with E-state index in [2.05, 4.69) is 9.97 Å². The summed E-state index contributed by atoms with van der Waals surface area (Å²) in [5, 5.41) is 0. The minimum Gasteiger partial charge on any atom is -0.477 e. The van der Waals surface area contributed by atoms with Crippen molar-refractivity contribution < 1.29 is 14.3 Å². The number of hydrogen-bond acceptors (Lipinski definition) is 5. The van der Waals surface area contributed by atoms with Gasteiger partial charge in [0.05, 0.1) is 25.4 Å². The highest BCUT2D eigenvalue weighted by atomic mass is 16.5. The number of carbonyl (C=O) groups is 1. The number of morpholine rings is 1. The highest BCUT2D eigenvalue weighted by molar-refractivity contribution is 5.94. The van der Waals surface area contributed by atoms with Crippen molar-refractivity contribution in [3.05, 3.63) is 54.5 Å². The van der Waals surface area contributed by atoms with E-state index in [-0.39, 0.29) is 18.1 Å². The zero-order chi connectivity index (χ0) is 17.1. The van der Waals surface area contributed by atoms with Crippen molar-refractivity contribution in [2.24, 2.45) is 5.92 Å². The van der Waals surface area contributed by atoms with Gasteiger partial charge in [0.25, 0.3) is 5.91 Å². The third-order valence-electron chi connectivity index (χ3n) is 4.93. The molecule has 2 aromatic rings. The lowest BCUT2D eigenvalue weighted by atomic mass is 10.1. The number of pyridine rings is 2. The number of amides is 1. The van der Waals surface area contributed by atoms with Crippen LogP contribution in [0.5, 0.6) is 5.88 Å². The second kappa shape index (κ2) is 7.19. The van der Waals surface area contributed by atoms with Crippen molar-refractivity contribution in [3.63, 3.8) is 0 Å². The van der Waals surface area contributed by atoms with Crippen molar-refractivity contribution >= 4 is 5.91 Å². The molecule has 130 valence electrons. The van der Waals surface area contributed by atoms with Gasteiger partial charge in [-0.15, -0.1) is 0 Å². The molecule has 2 aliphatic rings. The summed E-state index contributed by atoms with van der Waals surface area (Å²) in [5.74, 6) is 1.07. The number of aromatic nitrogens is 2. The molecule has 6 heteroatoms. The van der Waals surface area contributed by atoms with Crippen molar-refractivity contribution in [2.75, 3.05) is 19.8 Å². The van der Waals surface area contributed by atoms with E-state index in [9.17, 15) is 4.79 Å². The average molecular weight is 339 g/mol. The first-order valence-electron chi connectivity index (χ1n) is 8.67. The molecule has 2 fully saturated rings. The van der Waals surface area contributed by atoms with Gasteiger partial charge in [0.15, 0.2) is 0 Å². The van der Waals surface area contributed by atoms with Gasteiger partial charge >= 0.3 is 0 Å². The zero-order valence-electron chi connectivity index (χ0n) is 14.0. The molecule has 0 spiro atoms. The fourth-order valence-electron chi connectivity index (χ4n) is 3.73. The van der Waals surface area contributed by atoms with Crippen molar-refractivity contribution in [2.45, 2.75) is 25.0 Å². The van der Waals surface area contributed by atoms with Crippen LogP contribution in [0.25, 0.3) is 0 Å². The lowest BCUT2D eigenvalue weighted by molar-refractivity contribution is -0.0448. The summed E-state index contributed by atoms with van der Waals surface area (Å²) in [6, 6.07) is 9.29. The molecule has 2 aromatic heterocycles. The lowest BCUT2D eigenvalue weighted by Gasteiger charge is -2.37. The molecule has 3 atom stereocenters. The molecule has 6 nitrogen and oxygen atoms in total. The van der Waals surface area contributed by atoms with Gasteiger partial charge in [-0.3, -0.25) is 9.78 Å². The largest absolute Gasteiger partial charge is 0.477 e. The van der Waals surface area contributed by atoms with Gasteiger partial charge < -0.3 is 14.4 Å². The molecule has 1 aliphatic heterocycles. The van der Waals surface area contributed by atoms with E-state index >= 15 is 0 Å². The predicted molar refractivity (Wildman–Crippen MR) is 91.3 cm³/mol. The Bertz CT molecular complexity index is 710. The van der Waals surface area contributed by atoms with Gasteiger partial charge in [-0.1, -0.05) is 6.07 Å². The Hall–Kier alpha value is -2.47. The molecule has 0 radical (unpaired) electrons. The van der Waals surface area contributed by atoms with Crippen LogP contribution in [0.1, 0.15) is 23.2 Å². The predicted octanol–water partition coefficient (Wildman–Crippen LogP) is 2.18. The molecule has 0 N–H and O–H groups in total. The van der Waals surface area contributed by atoms with Crippen LogP contribution in [0.4, 0.5) is 0 Å². The van der Waals surface area contributed by atoms with Crippen LogP contribution >= 0.6 is 0 Å². The first-order chi connectivity index (χ1) is 12.3. The van der Waals surface area contributed by atoms with Crippen LogP contribution in [-0.4, -0.2) is 52.7 Å². The molecule has 25 heavy (non-hydrogen) atoms. The first kappa shape index (κ1) is 16.0. The Morgan fingerprint density at radius 1 is 1.20 bits per heavy atom. The summed E-state index contributed by atoms with van der Waals surface area (Å²) in [5.41, 5.74) is 0.684. The summed E-state index contributed by atoms with van der Waals surface area (Å²) in [7, 11) is 0. The van der Waals surface area contributed by atoms with E-state index in [4.69, 9.17) is 9.47 Å². The molecule has 1 aliphatic carbocycles. The molecule has 4 rings (SSSR count). The summed E-state index contributed by atoms with van der Waals surface area (Å²) < 4.78 is 11.7. The summed E-state index contributed by atoms with van der Waals surface area (Å²) in [6.07, 6.45) is 6.94. The molecule has 0 aromatic carbocycles. The normalized spacial score (nSPS) is 25.4. The van der Waals surface area contributed by atoms with Crippen LogP contribution < -0.4 is 4.74 Å². The summed E-state index contributed by atoms with van der Waals surface area (Å²) in [6.45, 7) is 1.83. The number of hydrogen-bond donors (Lipinski definition) is 0. The Morgan fingerprint density at radius 2 is 2.08 bits per heavy atom. The van der Waals surface area contributed by atoms with Crippen molar-refractivity contribution in [1.82, 2.24) is 14.9 Å². The fraction of sp³-hybridized carbons (Fsp3) is 0.421. The number of rotatable bonds is 4.